The number of aryl methyl sites for hydroxylation is 1. The Labute approximate surface area is 188 Å². The summed E-state index contributed by atoms with van der Waals surface area (Å²) in [5.41, 5.74) is 4.56. The van der Waals surface area contributed by atoms with E-state index in [1.807, 2.05) is 72.5 Å². The molecular weight excluding hydrogens is 408 g/mol. The number of halogens is 1. The topological polar surface area (TPSA) is 50.3 Å². The molecule has 1 heterocycles. The molecule has 0 unspecified atom stereocenters. The summed E-state index contributed by atoms with van der Waals surface area (Å²) in [4.78, 5) is 30.6. The summed E-state index contributed by atoms with van der Waals surface area (Å²) in [5, 5.41) is 0.451. The highest BCUT2D eigenvalue weighted by Crippen LogP contribution is 2.25. The number of aromatic nitrogens is 1. The minimum atomic E-state index is 0.0788. The van der Waals surface area contributed by atoms with Gasteiger partial charge in [-0.1, -0.05) is 67.9 Å². The number of hydrogen-bond donors (Lipinski definition) is 0. The van der Waals surface area contributed by atoms with E-state index in [0.717, 1.165) is 28.8 Å². The Bertz CT molecular complexity index is 1030. The molecule has 0 atom stereocenters. The van der Waals surface area contributed by atoms with Gasteiger partial charge in [0, 0.05) is 36.8 Å². The van der Waals surface area contributed by atoms with Gasteiger partial charge in [-0.05, 0) is 47.7 Å². The lowest BCUT2D eigenvalue weighted by molar-refractivity contribution is -0.118. The van der Waals surface area contributed by atoms with E-state index in [9.17, 15) is 9.59 Å². The normalized spacial score (nSPS) is 10.7. The summed E-state index contributed by atoms with van der Waals surface area (Å²) in [5.74, 6) is 0.208. The predicted molar refractivity (Wildman–Crippen MR) is 127 cm³/mol. The molecule has 0 bridgehead atoms. The van der Waals surface area contributed by atoms with Gasteiger partial charge in [0.15, 0.2) is 5.78 Å². The second-order valence-electron chi connectivity index (χ2n) is 7.40. The first kappa shape index (κ1) is 22.7. The molecule has 0 aliphatic heterocycles. The van der Waals surface area contributed by atoms with Crippen LogP contribution in [-0.4, -0.2) is 23.2 Å². The fourth-order valence-corrected chi connectivity index (χ4v) is 3.71. The molecule has 0 N–H and O–H groups in total. The number of anilines is 1. The molecule has 0 aliphatic carbocycles. The Kier molecular flexibility index (Phi) is 7.96. The maximum Gasteiger partial charge on any atom is 0.226 e. The Morgan fingerprint density at radius 2 is 1.58 bits per heavy atom. The van der Waals surface area contributed by atoms with E-state index in [1.165, 1.54) is 0 Å². The minimum absolute atomic E-state index is 0.0788. The molecule has 4 nitrogen and oxygen atoms in total. The van der Waals surface area contributed by atoms with E-state index in [2.05, 4.69) is 11.9 Å². The van der Waals surface area contributed by atoms with Gasteiger partial charge >= 0.3 is 0 Å². The number of hydrogen-bond acceptors (Lipinski definition) is 3. The van der Waals surface area contributed by atoms with Crippen LogP contribution in [0.2, 0.25) is 5.15 Å². The summed E-state index contributed by atoms with van der Waals surface area (Å²) >= 11 is 6.07. The maximum atomic E-state index is 12.5. The van der Waals surface area contributed by atoms with Gasteiger partial charge in [0.05, 0.1) is 0 Å². The lowest BCUT2D eigenvalue weighted by Crippen LogP contribution is -2.30. The van der Waals surface area contributed by atoms with Crippen LogP contribution >= 0.6 is 11.6 Å². The average Bonchev–Trinajstić information content (AvgIpc) is 2.81. The van der Waals surface area contributed by atoms with Crippen LogP contribution in [0.25, 0.3) is 11.1 Å². The molecule has 5 heteroatoms. The van der Waals surface area contributed by atoms with Gasteiger partial charge in [-0.15, -0.1) is 0 Å². The van der Waals surface area contributed by atoms with Gasteiger partial charge in [-0.25, -0.2) is 4.98 Å². The third kappa shape index (κ3) is 5.80. The number of benzene rings is 2. The van der Waals surface area contributed by atoms with Gasteiger partial charge in [0.25, 0.3) is 0 Å². The SMILES string of the molecule is CCCN(C(=O)CC)c1ccc(-c2ccc(C(=O)CCc3cccnc3Cl)cc2)cc1. The van der Waals surface area contributed by atoms with Crippen LogP contribution in [0.4, 0.5) is 5.69 Å². The minimum Gasteiger partial charge on any atom is -0.312 e. The Balaban J connectivity index is 1.67. The molecule has 0 spiro atoms. The van der Waals surface area contributed by atoms with Crippen molar-refractivity contribution in [1.29, 1.82) is 0 Å². The molecule has 31 heavy (non-hydrogen) atoms. The van der Waals surface area contributed by atoms with Crippen LogP contribution in [0.15, 0.2) is 66.9 Å². The molecule has 3 aromatic rings. The molecule has 1 amide bonds. The van der Waals surface area contributed by atoms with Crippen molar-refractivity contribution in [3.63, 3.8) is 0 Å². The van der Waals surface area contributed by atoms with E-state index >= 15 is 0 Å². The van der Waals surface area contributed by atoms with Crippen molar-refractivity contribution in [1.82, 2.24) is 4.98 Å². The fraction of sp³-hybridized carbons (Fsp3) is 0.269. The van der Waals surface area contributed by atoms with Crippen molar-refractivity contribution in [2.75, 3.05) is 11.4 Å². The highest BCUT2D eigenvalue weighted by molar-refractivity contribution is 6.30. The quantitative estimate of drug-likeness (QED) is 0.290. The van der Waals surface area contributed by atoms with Crippen LogP contribution in [0, 0.1) is 0 Å². The number of pyridine rings is 1. The highest BCUT2D eigenvalue weighted by Gasteiger charge is 2.13. The van der Waals surface area contributed by atoms with Crippen molar-refractivity contribution in [3.8, 4) is 11.1 Å². The number of ketones is 1. The zero-order chi connectivity index (χ0) is 22.2. The van der Waals surface area contributed by atoms with Crippen LogP contribution in [0.5, 0.6) is 0 Å². The second-order valence-corrected chi connectivity index (χ2v) is 7.76. The van der Waals surface area contributed by atoms with E-state index in [1.54, 1.807) is 6.20 Å². The Hall–Kier alpha value is -2.98. The monoisotopic (exact) mass is 434 g/mol. The van der Waals surface area contributed by atoms with Gasteiger partial charge in [0.2, 0.25) is 5.91 Å². The summed E-state index contributed by atoms with van der Waals surface area (Å²) in [7, 11) is 0. The second kappa shape index (κ2) is 10.9. The fourth-order valence-electron chi connectivity index (χ4n) is 3.49. The molecule has 2 aromatic carbocycles. The first-order valence-corrected chi connectivity index (χ1v) is 11.0. The summed E-state index contributed by atoms with van der Waals surface area (Å²) in [6.45, 7) is 4.67. The molecule has 0 saturated heterocycles. The van der Waals surface area contributed by atoms with Crippen molar-refractivity contribution in [2.45, 2.75) is 39.5 Å². The predicted octanol–water partition coefficient (Wildman–Crippen LogP) is 6.37. The Morgan fingerprint density at radius 1 is 0.935 bits per heavy atom. The van der Waals surface area contributed by atoms with Crippen molar-refractivity contribution >= 4 is 29.0 Å². The molecule has 3 rings (SSSR count). The van der Waals surface area contributed by atoms with Crippen LogP contribution in [0.3, 0.4) is 0 Å². The average molecular weight is 435 g/mol. The number of amides is 1. The molecule has 0 aliphatic rings. The third-order valence-electron chi connectivity index (χ3n) is 5.23. The zero-order valence-corrected chi connectivity index (χ0v) is 18.7. The Morgan fingerprint density at radius 3 is 2.16 bits per heavy atom. The molecule has 160 valence electrons. The number of carbonyl (C=O) groups is 2. The first-order valence-electron chi connectivity index (χ1n) is 10.7. The van der Waals surface area contributed by atoms with E-state index < -0.39 is 0 Å². The van der Waals surface area contributed by atoms with Crippen LogP contribution in [0.1, 0.15) is 49.0 Å². The van der Waals surface area contributed by atoms with E-state index in [-0.39, 0.29) is 11.7 Å². The van der Waals surface area contributed by atoms with Crippen LogP contribution < -0.4 is 4.90 Å². The summed E-state index contributed by atoms with van der Waals surface area (Å²) < 4.78 is 0. The molecular formula is C26H27ClN2O2. The van der Waals surface area contributed by atoms with Gasteiger partial charge < -0.3 is 4.90 Å². The smallest absolute Gasteiger partial charge is 0.226 e. The number of nitrogens with zero attached hydrogens (tertiary/aromatic N) is 2. The van der Waals surface area contributed by atoms with Crippen molar-refractivity contribution in [2.24, 2.45) is 0 Å². The molecule has 0 fully saturated rings. The first-order chi connectivity index (χ1) is 15.0. The van der Waals surface area contributed by atoms with E-state index in [4.69, 9.17) is 11.6 Å². The number of Topliss-reactive ketones (excluding diaryl/α,β-unsaturated/α-hetero) is 1. The third-order valence-corrected chi connectivity index (χ3v) is 5.57. The van der Waals surface area contributed by atoms with Crippen molar-refractivity contribution in [3.05, 3.63) is 83.1 Å². The molecule has 1 aromatic heterocycles. The summed E-state index contributed by atoms with van der Waals surface area (Å²) in [6.07, 6.45) is 4.00. The maximum absolute atomic E-state index is 12.5. The van der Waals surface area contributed by atoms with E-state index in [0.29, 0.717) is 36.5 Å². The largest absolute Gasteiger partial charge is 0.312 e. The van der Waals surface area contributed by atoms with Gasteiger partial charge in [-0.3, -0.25) is 9.59 Å². The number of carbonyl (C=O) groups excluding carboxylic acids is 2. The van der Waals surface area contributed by atoms with Gasteiger partial charge in [-0.2, -0.15) is 0 Å². The highest BCUT2D eigenvalue weighted by atomic mass is 35.5. The van der Waals surface area contributed by atoms with Crippen LogP contribution in [-0.2, 0) is 11.2 Å². The molecule has 0 saturated carbocycles. The summed E-state index contributed by atoms with van der Waals surface area (Å²) in [6, 6.07) is 19.4. The zero-order valence-electron chi connectivity index (χ0n) is 18.0. The molecule has 0 radical (unpaired) electrons. The lowest BCUT2D eigenvalue weighted by Gasteiger charge is -2.22. The standard InChI is InChI=1S/C26H27ClN2O2/c1-3-18-29(25(31)4-2)23-14-11-20(12-15-23)19-7-9-21(10-8-19)24(30)16-13-22-6-5-17-28-26(22)27/h5-12,14-15,17H,3-4,13,16,18H2,1-2H3. The van der Waals surface area contributed by atoms with Gasteiger partial charge in [0.1, 0.15) is 5.15 Å². The van der Waals surface area contributed by atoms with Crippen molar-refractivity contribution < 1.29 is 9.59 Å². The lowest BCUT2D eigenvalue weighted by atomic mass is 9.99. The number of rotatable bonds is 9.